The van der Waals surface area contributed by atoms with Gasteiger partial charge in [-0.3, -0.25) is 0 Å². The summed E-state index contributed by atoms with van der Waals surface area (Å²) in [6, 6.07) is 7.99. The van der Waals surface area contributed by atoms with Gasteiger partial charge in [0.05, 0.1) is 17.5 Å². The van der Waals surface area contributed by atoms with Crippen LogP contribution in [0.5, 0.6) is 0 Å². The van der Waals surface area contributed by atoms with Crippen LogP contribution < -0.4 is 10.6 Å². The quantitative estimate of drug-likeness (QED) is 0.748. The van der Waals surface area contributed by atoms with Crippen LogP contribution in [-0.2, 0) is 0 Å². The Morgan fingerprint density at radius 3 is 2.50 bits per heavy atom. The van der Waals surface area contributed by atoms with E-state index in [-0.39, 0.29) is 6.10 Å². The van der Waals surface area contributed by atoms with Crippen molar-refractivity contribution >= 4 is 11.4 Å². The number of aliphatic hydroxyl groups is 1. The minimum Gasteiger partial charge on any atom is -0.397 e. The number of nitrogen functional groups attached to an aromatic ring is 1. The van der Waals surface area contributed by atoms with Gasteiger partial charge in [0.25, 0.3) is 0 Å². The highest BCUT2D eigenvalue weighted by atomic mass is 16.3. The van der Waals surface area contributed by atoms with Gasteiger partial charge in [-0.25, -0.2) is 0 Å². The zero-order valence-electron chi connectivity index (χ0n) is 9.76. The molecular formula is C13H20N2O. The molecule has 0 bridgehead atoms. The molecule has 1 aliphatic heterocycles. The van der Waals surface area contributed by atoms with E-state index in [1.807, 2.05) is 25.1 Å². The molecule has 2 rings (SSSR count). The van der Waals surface area contributed by atoms with Crippen molar-refractivity contribution in [3.63, 3.8) is 0 Å². The molecule has 0 spiro atoms. The fraction of sp³-hybridized carbons (Fsp3) is 0.538. The van der Waals surface area contributed by atoms with Gasteiger partial charge in [0.15, 0.2) is 0 Å². The molecule has 0 saturated carbocycles. The number of rotatable bonds is 2. The van der Waals surface area contributed by atoms with Gasteiger partial charge in [0.1, 0.15) is 0 Å². The summed E-state index contributed by atoms with van der Waals surface area (Å²) < 4.78 is 0. The van der Waals surface area contributed by atoms with Gasteiger partial charge >= 0.3 is 0 Å². The number of nitrogens with two attached hydrogens (primary N) is 1. The standard InChI is InChI=1S/C13H20N2O/c1-10(16)11-6-8-15(9-7-11)13-5-3-2-4-12(13)14/h2-5,10-11,16H,6-9,14H2,1H3/t10-/m0/s1. The molecule has 0 unspecified atom stereocenters. The Balaban J connectivity index is 2.02. The molecule has 3 heteroatoms. The summed E-state index contributed by atoms with van der Waals surface area (Å²) in [5, 5.41) is 9.55. The summed E-state index contributed by atoms with van der Waals surface area (Å²) in [4.78, 5) is 2.31. The molecular weight excluding hydrogens is 200 g/mol. The number of piperidine rings is 1. The Morgan fingerprint density at radius 1 is 1.31 bits per heavy atom. The summed E-state index contributed by atoms with van der Waals surface area (Å²) in [5.41, 5.74) is 7.93. The first-order valence-corrected chi connectivity index (χ1v) is 5.96. The van der Waals surface area contributed by atoms with Crippen molar-refractivity contribution in [1.82, 2.24) is 0 Å². The van der Waals surface area contributed by atoms with Crippen molar-refractivity contribution in [3.8, 4) is 0 Å². The summed E-state index contributed by atoms with van der Waals surface area (Å²) in [5.74, 6) is 0.446. The van der Waals surface area contributed by atoms with Gasteiger partial charge < -0.3 is 15.7 Å². The van der Waals surface area contributed by atoms with Crippen LogP contribution in [0.2, 0.25) is 0 Å². The first kappa shape index (κ1) is 11.3. The van der Waals surface area contributed by atoms with Crippen LogP contribution >= 0.6 is 0 Å². The molecule has 0 aromatic heterocycles. The predicted molar refractivity (Wildman–Crippen MR) is 67.5 cm³/mol. The monoisotopic (exact) mass is 220 g/mol. The third kappa shape index (κ3) is 2.30. The Kier molecular flexibility index (Phi) is 3.34. The normalized spacial score (nSPS) is 19.8. The molecule has 1 heterocycles. The first-order valence-electron chi connectivity index (χ1n) is 5.96. The molecule has 0 radical (unpaired) electrons. The highest BCUT2D eigenvalue weighted by Gasteiger charge is 2.23. The lowest BCUT2D eigenvalue weighted by molar-refractivity contribution is 0.110. The van der Waals surface area contributed by atoms with Crippen molar-refractivity contribution in [2.24, 2.45) is 5.92 Å². The van der Waals surface area contributed by atoms with Gasteiger partial charge in [-0.05, 0) is 37.8 Å². The average molecular weight is 220 g/mol. The summed E-state index contributed by atoms with van der Waals surface area (Å²) in [6.07, 6.45) is 1.91. The lowest BCUT2D eigenvalue weighted by Crippen LogP contribution is -2.37. The second-order valence-corrected chi connectivity index (χ2v) is 4.62. The average Bonchev–Trinajstić information content (AvgIpc) is 2.30. The van der Waals surface area contributed by atoms with Crippen molar-refractivity contribution in [1.29, 1.82) is 0 Å². The maximum absolute atomic E-state index is 9.55. The Labute approximate surface area is 96.9 Å². The minimum absolute atomic E-state index is 0.185. The van der Waals surface area contributed by atoms with Crippen molar-refractivity contribution in [2.45, 2.75) is 25.9 Å². The van der Waals surface area contributed by atoms with E-state index in [4.69, 9.17) is 5.73 Å². The van der Waals surface area contributed by atoms with Crippen LogP contribution in [0, 0.1) is 5.92 Å². The van der Waals surface area contributed by atoms with E-state index in [0.717, 1.165) is 37.3 Å². The molecule has 1 saturated heterocycles. The fourth-order valence-corrected chi connectivity index (χ4v) is 2.40. The molecule has 88 valence electrons. The van der Waals surface area contributed by atoms with Crippen LogP contribution in [0.25, 0.3) is 0 Å². The van der Waals surface area contributed by atoms with Crippen LogP contribution in [0.15, 0.2) is 24.3 Å². The van der Waals surface area contributed by atoms with Gasteiger partial charge in [0.2, 0.25) is 0 Å². The number of aliphatic hydroxyl groups excluding tert-OH is 1. The zero-order valence-corrected chi connectivity index (χ0v) is 9.76. The summed E-state index contributed by atoms with van der Waals surface area (Å²) in [6.45, 7) is 3.87. The molecule has 3 N–H and O–H groups in total. The highest BCUT2D eigenvalue weighted by Crippen LogP contribution is 2.28. The maximum atomic E-state index is 9.55. The number of hydrogen-bond donors (Lipinski definition) is 2. The van der Waals surface area contributed by atoms with Crippen molar-refractivity contribution < 1.29 is 5.11 Å². The topological polar surface area (TPSA) is 49.5 Å². The van der Waals surface area contributed by atoms with Crippen LogP contribution in [0.3, 0.4) is 0 Å². The molecule has 1 aromatic rings. The number of nitrogens with zero attached hydrogens (tertiary/aromatic N) is 1. The van der Waals surface area contributed by atoms with E-state index in [1.54, 1.807) is 0 Å². The van der Waals surface area contributed by atoms with E-state index >= 15 is 0 Å². The van der Waals surface area contributed by atoms with Gasteiger partial charge in [0, 0.05) is 13.1 Å². The summed E-state index contributed by atoms with van der Waals surface area (Å²) >= 11 is 0. The number of anilines is 2. The SMILES string of the molecule is C[C@H](O)C1CCN(c2ccccc2N)CC1. The smallest absolute Gasteiger partial charge is 0.0599 e. The first-order chi connectivity index (χ1) is 7.68. The second-order valence-electron chi connectivity index (χ2n) is 4.62. The van der Waals surface area contributed by atoms with Crippen LogP contribution in [0.4, 0.5) is 11.4 Å². The molecule has 0 aliphatic carbocycles. The fourth-order valence-electron chi connectivity index (χ4n) is 2.40. The van der Waals surface area contributed by atoms with Crippen molar-refractivity contribution in [2.75, 3.05) is 23.7 Å². The van der Waals surface area contributed by atoms with Crippen molar-refractivity contribution in [3.05, 3.63) is 24.3 Å². The predicted octanol–water partition coefficient (Wildman–Crippen LogP) is 1.87. The maximum Gasteiger partial charge on any atom is 0.0599 e. The summed E-state index contributed by atoms with van der Waals surface area (Å²) in [7, 11) is 0. The van der Waals surface area contributed by atoms with E-state index in [2.05, 4.69) is 11.0 Å². The van der Waals surface area contributed by atoms with Gasteiger partial charge in [-0.1, -0.05) is 12.1 Å². The lowest BCUT2D eigenvalue weighted by Gasteiger charge is -2.35. The van der Waals surface area contributed by atoms with Crippen LogP contribution in [-0.4, -0.2) is 24.3 Å². The molecule has 1 fully saturated rings. The molecule has 0 amide bonds. The zero-order chi connectivity index (χ0) is 11.5. The molecule has 1 aliphatic rings. The van der Waals surface area contributed by atoms with E-state index in [9.17, 15) is 5.11 Å². The molecule has 16 heavy (non-hydrogen) atoms. The molecule has 1 atom stereocenters. The number of benzene rings is 1. The Bertz CT molecular complexity index is 344. The van der Waals surface area contributed by atoms with E-state index in [0.29, 0.717) is 5.92 Å². The Morgan fingerprint density at radius 2 is 1.94 bits per heavy atom. The van der Waals surface area contributed by atoms with Crippen LogP contribution in [0.1, 0.15) is 19.8 Å². The van der Waals surface area contributed by atoms with Gasteiger partial charge in [-0.2, -0.15) is 0 Å². The third-order valence-electron chi connectivity index (χ3n) is 3.50. The van der Waals surface area contributed by atoms with E-state index < -0.39 is 0 Å². The van der Waals surface area contributed by atoms with Gasteiger partial charge in [-0.15, -0.1) is 0 Å². The third-order valence-corrected chi connectivity index (χ3v) is 3.50. The molecule has 3 nitrogen and oxygen atoms in total. The number of para-hydroxylation sites is 2. The highest BCUT2D eigenvalue weighted by molar-refractivity contribution is 5.67. The lowest BCUT2D eigenvalue weighted by atomic mass is 9.92. The number of hydrogen-bond acceptors (Lipinski definition) is 3. The minimum atomic E-state index is -0.185. The largest absolute Gasteiger partial charge is 0.397 e. The Hall–Kier alpha value is -1.22. The second kappa shape index (κ2) is 4.74. The molecule has 1 aromatic carbocycles. The van der Waals surface area contributed by atoms with E-state index in [1.165, 1.54) is 0 Å².